The molecule has 2 fully saturated rings. The van der Waals surface area contributed by atoms with Crippen molar-refractivity contribution in [3.05, 3.63) is 77.6 Å². The van der Waals surface area contributed by atoms with Gasteiger partial charge in [0.05, 0.1) is 30.3 Å². The van der Waals surface area contributed by atoms with Crippen molar-refractivity contribution < 1.29 is 23.5 Å². The molecule has 2 unspecified atom stereocenters. The van der Waals surface area contributed by atoms with Crippen molar-refractivity contribution in [1.29, 1.82) is 5.41 Å². The van der Waals surface area contributed by atoms with E-state index in [1.54, 1.807) is 43.3 Å². The molecule has 50 heavy (non-hydrogen) atoms. The van der Waals surface area contributed by atoms with E-state index in [9.17, 15) is 14.4 Å². The van der Waals surface area contributed by atoms with Crippen LogP contribution in [-0.2, 0) is 9.53 Å². The maximum Gasteiger partial charge on any atom is 0.323 e. The topological polar surface area (TPSA) is 144 Å². The molecule has 3 heterocycles. The van der Waals surface area contributed by atoms with Crippen LogP contribution in [0.2, 0.25) is 0 Å². The van der Waals surface area contributed by atoms with Crippen LogP contribution in [0, 0.1) is 11.2 Å². The van der Waals surface area contributed by atoms with Gasteiger partial charge in [-0.25, -0.2) is 19.2 Å². The standard InChI is InChI=1S/C37H41FN8O4/c1-22(39)33(23(2)47)25-7-11-29-32(20-25)41-34(43-35(29)45-15-17-50-18-16-45)26-8-12-31(30(38)19-26)42-37(49)40-27-9-5-24(6-10-27)36(48)46-14-13-28(21-46)44(3)4/h5-12,19-20,28,33,39H,13-18,21H2,1-4H3,(H2,40,42,49). The summed E-state index contributed by atoms with van der Waals surface area (Å²) in [7, 11) is 4.02. The zero-order valence-corrected chi connectivity index (χ0v) is 28.6. The summed E-state index contributed by atoms with van der Waals surface area (Å²) in [6, 6.07) is 16.1. The summed E-state index contributed by atoms with van der Waals surface area (Å²) >= 11 is 0. The Labute approximate surface area is 290 Å². The Balaban J connectivity index is 1.19. The van der Waals surface area contributed by atoms with Gasteiger partial charge in [0.25, 0.3) is 5.91 Å². The zero-order valence-electron chi connectivity index (χ0n) is 28.6. The zero-order chi connectivity index (χ0) is 35.5. The summed E-state index contributed by atoms with van der Waals surface area (Å²) < 4.78 is 21.0. The molecule has 2 atom stereocenters. The number of morpholine rings is 1. The highest BCUT2D eigenvalue weighted by molar-refractivity contribution is 6.07. The third-order valence-electron chi connectivity index (χ3n) is 9.23. The molecular formula is C37H41FN8O4. The number of ether oxygens (including phenoxy) is 1. The number of halogens is 1. The number of amides is 3. The predicted molar refractivity (Wildman–Crippen MR) is 192 cm³/mol. The van der Waals surface area contributed by atoms with E-state index in [0.717, 1.165) is 11.8 Å². The van der Waals surface area contributed by atoms with Crippen LogP contribution in [0.5, 0.6) is 0 Å². The number of hydrogen-bond donors (Lipinski definition) is 3. The summed E-state index contributed by atoms with van der Waals surface area (Å²) in [5.74, 6) is -0.623. The lowest BCUT2D eigenvalue weighted by Gasteiger charge is -2.29. The number of nitrogens with one attached hydrogen (secondary N) is 3. The van der Waals surface area contributed by atoms with Gasteiger partial charge in [0, 0.05) is 60.1 Å². The van der Waals surface area contributed by atoms with E-state index in [4.69, 9.17) is 20.1 Å². The lowest BCUT2D eigenvalue weighted by atomic mass is 9.90. The minimum absolute atomic E-state index is 0.0373. The molecule has 6 rings (SSSR count). The van der Waals surface area contributed by atoms with Crippen LogP contribution in [0.4, 0.5) is 26.4 Å². The highest BCUT2D eigenvalue weighted by atomic mass is 19.1. The highest BCUT2D eigenvalue weighted by Gasteiger charge is 2.28. The molecule has 0 radical (unpaired) electrons. The Hall–Kier alpha value is -5.27. The van der Waals surface area contributed by atoms with Crippen molar-refractivity contribution in [3.63, 3.8) is 0 Å². The number of benzene rings is 3. The normalized spacial score (nSPS) is 16.8. The van der Waals surface area contributed by atoms with Gasteiger partial charge < -0.3 is 35.5 Å². The fourth-order valence-electron chi connectivity index (χ4n) is 6.51. The number of fused-ring (bicyclic) bond motifs is 1. The van der Waals surface area contributed by atoms with Crippen molar-refractivity contribution in [2.45, 2.75) is 32.2 Å². The summed E-state index contributed by atoms with van der Waals surface area (Å²) in [4.78, 5) is 53.8. The molecule has 3 aromatic carbocycles. The van der Waals surface area contributed by atoms with Crippen LogP contribution in [0.1, 0.15) is 42.1 Å². The van der Waals surface area contributed by atoms with Gasteiger partial charge in [-0.1, -0.05) is 6.07 Å². The van der Waals surface area contributed by atoms with Crippen LogP contribution >= 0.6 is 0 Å². The number of Topliss-reactive ketones (excluding diaryl/α,β-unsaturated/α-hetero) is 1. The van der Waals surface area contributed by atoms with Crippen molar-refractivity contribution in [2.75, 3.05) is 69.0 Å². The number of rotatable bonds is 9. The predicted octanol–water partition coefficient (Wildman–Crippen LogP) is 5.40. The number of likely N-dealkylation sites (N-methyl/N-ethyl adjacent to an activating group) is 1. The van der Waals surface area contributed by atoms with Crippen LogP contribution < -0.4 is 15.5 Å². The van der Waals surface area contributed by atoms with E-state index < -0.39 is 17.8 Å². The van der Waals surface area contributed by atoms with Gasteiger partial charge >= 0.3 is 6.03 Å². The first-order valence-corrected chi connectivity index (χ1v) is 16.6. The second-order valence-corrected chi connectivity index (χ2v) is 13.0. The Morgan fingerprint density at radius 1 is 0.960 bits per heavy atom. The number of ketones is 1. The number of hydrogen-bond acceptors (Lipinski definition) is 9. The molecule has 3 N–H and O–H groups in total. The molecule has 260 valence electrons. The molecule has 0 spiro atoms. The largest absolute Gasteiger partial charge is 0.378 e. The first-order chi connectivity index (χ1) is 24.0. The van der Waals surface area contributed by atoms with Crippen molar-refractivity contribution in [1.82, 2.24) is 19.8 Å². The number of carbonyl (C=O) groups is 3. The minimum Gasteiger partial charge on any atom is -0.378 e. The summed E-state index contributed by atoms with van der Waals surface area (Å²) in [5, 5.41) is 14.2. The molecule has 0 saturated carbocycles. The summed E-state index contributed by atoms with van der Waals surface area (Å²) in [6.07, 6.45) is 0.927. The van der Waals surface area contributed by atoms with E-state index in [1.807, 2.05) is 31.1 Å². The smallest absolute Gasteiger partial charge is 0.323 e. The fraction of sp³-hybridized carbons (Fsp3) is 0.351. The van der Waals surface area contributed by atoms with E-state index >= 15 is 4.39 Å². The van der Waals surface area contributed by atoms with Gasteiger partial charge in [0.1, 0.15) is 17.4 Å². The lowest BCUT2D eigenvalue weighted by molar-refractivity contribution is -0.117. The number of carbonyl (C=O) groups excluding carboxylic acids is 3. The molecule has 2 aliphatic heterocycles. The first kappa shape index (κ1) is 34.6. The van der Waals surface area contributed by atoms with E-state index in [1.165, 1.54) is 19.1 Å². The maximum atomic E-state index is 15.5. The SMILES string of the molecule is CC(=N)C(C(C)=O)c1ccc2c(N3CCOCC3)nc(-c3ccc(NC(=O)Nc4ccc(C(=O)N5CCC(N(C)C)C5)cc4)c(F)c3)nc2c1. The molecule has 2 aliphatic rings. The number of urea groups is 1. The molecule has 2 saturated heterocycles. The Morgan fingerprint density at radius 2 is 1.70 bits per heavy atom. The molecule has 12 nitrogen and oxygen atoms in total. The average Bonchev–Trinajstić information content (AvgIpc) is 3.60. The van der Waals surface area contributed by atoms with Crippen molar-refractivity contribution in [3.8, 4) is 11.4 Å². The minimum atomic E-state index is -0.690. The monoisotopic (exact) mass is 680 g/mol. The number of anilines is 3. The molecule has 1 aromatic heterocycles. The van der Waals surface area contributed by atoms with Gasteiger partial charge in [-0.05, 0) is 94.5 Å². The highest BCUT2D eigenvalue weighted by Crippen LogP contribution is 2.32. The number of nitrogens with zero attached hydrogens (tertiary/aromatic N) is 5. The second kappa shape index (κ2) is 14.7. The van der Waals surface area contributed by atoms with Crippen LogP contribution in [0.25, 0.3) is 22.3 Å². The van der Waals surface area contributed by atoms with Gasteiger partial charge in [0.2, 0.25) is 0 Å². The van der Waals surface area contributed by atoms with Gasteiger partial charge in [0.15, 0.2) is 5.82 Å². The average molecular weight is 681 g/mol. The molecular weight excluding hydrogens is 639 g/mol. The van der Waals surface area contributed by atoms with E-state index in [0.29, 0.717) is 79.1 Å². The first-order valence-electron chi connectivity index (χ1n) is 16.6. The fourth-order valence-corrected chi connectivity index (χ4v) is 6.51. The second-order valence-electron chi connectivity index (χ2n) is 13.0. The van der Waals surface area contributed by atoms with E-state index in [-0.39, 0.29) is 28.9 Å². The van der Waals surface area contributed by atoms with Gasteiger partial charge in [-0.3, -0.25) is 9.59 Å². The Bertz CT molecular complexity index is 1930. The molecule has 4 aromatic rings. The Kier molecular flexibility index (Phi) is 10.2. The van der Waals surface area contributed by atoms with E-state index in [2.05, 4.69) is 20.4 Å². The molecule has 3 amide bonds. The molecule has 13 heteroatoms. The third kappa shape index (κ3) is 7.48. The summed E-state index contributed by atoms with van der Waals surface area (Å²) in [6.45, 7) is 6.74. The van der Waals surface area contributed by atoms with Crippen LogP contribution in [0.3, 0.4) is 0 Å². The van der Waals surface area contributed by atoms with Crippen molar-refractivity contribution >= 4 is 51.5 Å². The number of likely N-dealkylation sites (tertiary alicyclic amines) is 1. The van der Waals surface area contributed by atoms with Crippen LogP contribution in [-0.4, -0.2) is 103 Å². The third-order valence-corrected chi connectivity index (χ3v) is 9.23. The molecule has 0 bridgehead atoms. The van der Waals surface area contributed by atoms with Crippen molar-refractivity contribution in [2.24, 2.45) is 0 Å². The molecule has 0 aliphatic carbocycles. The van der Waals surface area contributed by atoms with Crippen LogP contribution in [0.15, 0.2) is 60.7 Å². The van der Waals surface area contributed by atoms with Gasteiger partial charge in [-0.15, -0.1) is 0 Å². The maximum absolute atomic E-state index is 15.5. The lowest BCUT2D eigenvalue weighted by Crippen LogP contribution is -2.37. The number of aromatic nitrogens is 2. The van der Waals surface area contributed by atoms with Gasteiger partial charge in [-0.2, -0.15) is 0 Å². The quantitative estimate of drug-likeness (QED) is 0.199. The summed E-state index contributed by atoms with van der Waals surface area (Å²) in [5.41, 5.74) is 2.79. The Morgan fingerprint density at radius 3 is 2.34 bits per heavy atom.